The van der Waals surface area contributed by atoms with Crippen molar-refractivity contribution >= 4 is 34.9 Å². The molecule has 8 nitrogen and oxygen atoms in total. The van der Waals surface area contributed by atoms with Crippen molar-refractivity contribution in [2.45, 2.75) is 6.54 Å². The lowest BCUT2D eigenvalue weighted by molar-refractivity contribution is 0.244. The Bertz CT molecular complexity index is 1010. The molecule has 3 aromatic rings. The highest BCUT2D eigenvalue weighted by Crippen LogP contribution is 2.26. The number of rotatable bonds is 6. The predicted octanol–water partition coefficient (Wildman–Crippen LogP) is 3.18. The number of nitrogens with zero attached hydrogens (tertiary/aromatic N) is 5. The van der Waals surface area contributed by atoms with Gasteiger partial charge in [0.2, 0.25) is 11.9 Å². The van der Waals surface area contributed by atoms with E-state index in [1.807, 2.05) is 42.5 Å². The minimum atomic E-state index is 0.190. The molecule has 1 fully saturated rings. The molecule has 3 N–H and O–H groups in total. The molecule has 0 atom stereocenters. The average Bonchev–Trinajstić information content (AvgIpc) is 2.74. The Balaban J connectivity index is 1.40. The van der Waals surface area contributed by atoms with Crippen molar-refractivity contribution in [1.29, 1.82) is 0 Å². The van der Waals surface area contributed by atoms with Crippen LogP contribution in [0.3, 0.4) is 0 Å². The topological polar surface area (TPSA) is 92.4 Å². The first-order valence-electron chi connectivity index (χ1n) is 9.74. The van der Waals surface area contributed by atoms with Crippen LogP contribution in [0.15, 0.2) is 48.5 Å². The number of nitrogen functional groups attached to an aromatic ring is 1. The van der Waals surface area contributed by atoms with Crippen LogP contribution in [0.5, 0.6) is 5.75 Å². The second-order valence-electron chi connectivity index (χ2n) is 7.00. The molecule has 0 bridgehead atoms. The number of methoxy groups -OCH3 is 1. The zero-order valence-electron chi connectivity index (χ0n) is 16.8. The minimum absolute atomic E-state index is 0.190. The molecule has 0 saturated carbocycles. The van der Waals surface area contributed by atoms with Gasteiger partial charge in [-0.25, -0.2) is 0 Å². The summed E-state index contributed by atoms with van der Waals surface area (Å²) < 4.78 is 5.37. The maximum absolute atomic E-state index is 6.12. The number of halogens is 1. The van der Waals surface area contributed by atoms with Crippen molar-refractivity contribution in [2.24, 2.45) is 0 Å². The van der Waals surface area contributed by atoms with E-state index in [4.69, 9.17) is 22.1 Å². The van der Waals surface area contributed by atoms with Crippen molar-refractivity contribution in [2.75, 3.05) is 49.2 Å². The minimum Gasteiger partial charge on any atom is -0.495 e. The highest BCUT2D eigenvalue weighted by molar-refractivity contribution is 6.30. The van der Waals surface area contributed by atoms with Crippen molar-refractivity contribution in [1.82, 2.24) is 19.9 Å². The molecule has 2 aromatic carbocycles. The number of para-hydroxylation sites is 2. The van der Waals surface area contributed by atoms with Crippen LogP contribution in [0.4, 0.5) is 23.3 Å². The van der Waals surface area contributed by atoms with E-state index in [2.05, 4.69) is 36.1 Å². The molecule has 0 aliphatic carbocycles. The van der Waals surface area contributed by atoms with Crippen LogP contribution < -0.4 is 20.7 Å². The van der Waals surface area contributed by atoms with E-state index >= 15 is 0 Å². The molecule has 1 saturated heterocycles. The number of aromatic nitrogens is 3. The first-order valence-corrected chi connectivity index (χ1v) is 10.1. The van der Waals surface area contributed by atoms with Gasteiger partial charge < -0.3 is 20.7 Å². The third-order valence-corrected chi connectivity index (χ3v) is 5.20. The van der Waals surface area contributed by atoms with Gasteiger partial charge in [-0.1, -0.05) is 29.8 Å². The van der Waals surface area contributed by atoms with Crippen LogP contribution in [0.25, 0.3) is 0 Å². The van der Waals surface area contributed by atoms with E-state index in [-0.39, 0.29) is 5.95 Å². The molecular weight excluding hydrogens is 402 g/mol. The van der Waals surface area contributed by atoms with E-state index in [0.717, 1.165) is 42.6 Å². The predicted molar refractivity (Wildman–Crippen MR) is 119 cm³/mol. The standard InChI is InChI=1S/C21H24ClN7O/c1-30-18-8-3-2-7-17(18)24-21-26-19(25-20(23)27-21)14-28-9-11-29(12-10-28)16-6-4-5-15(22)13-16/h2-8,13H,9-12,14H2,1H3,(H3,23,24,25,26,27). The van der Waals surface area contributed by atoms with E-state index in [1.54, 1.807) is 7.11 Å². The molecule has 2 heterocycles. The van der Waals surface area contributed by atoms with Gasteiger partial charge in [-0.05, 0) is 30.3 Å². The van der Waals surface area contributed by atoms with Gasteiger partial charge in [0.15, 0.2) is 0 Å². The molecule has 0 amide bonds. The Morgan fingerprint density at radius 1 is 1.03 bits per heavy atom. The van der Waals surface area contributed by atoms with Crippen molar-refractivity contribution in [3.63, 3.8) is 0 Å². The lowest BCUT2D eigenvalue weighted by Gasteiger charge is -2.35. The molecule has 1 aliphatic heterocycles. The molecule has 0 radical (unpaired) electrons. The molecule has 4 rings (SSSR count). The van der Waals surface area contributed by atoms with Gasteiger partial charge in [0.1, 0.15) is 11.6 Å². The first-order chi connectivity index (χ1) is 14.6. The van der Waals surface area contributed by atoms with Crippen LogP contribution in [0.2, 0.25) is 5.02 Å². The van der Waals surface area contributed by atoms with E-state index < -0.39 is 0 Å². The van der Waals surface area contributed by atoms with Gasteiger partial charge in [0.05, 0.1) is 19.3 Å². The largest absolute Gasteiger partial charge is 0.495 e. The highest BCUT2D eigenvalue weighted by atomic mass is 35.5. The van der Waals surface area contributed by atoms with Crippen LogP contribution in [0.1, 0.15) is 5.82 Å². The fourth-order valence-corrected chi connectivity index (χ4v) is 3.65. The van der Waals surface area contributed by atoms with Gasteiger partial charge in [-0.15, -0.1) is 0 Å². The van der Waals surface area contributed by atoms with Gasteiger partial charge >= 0.3 is 0 Å². The van der Waals surface area contributed by atoms with Gasteiger partial charge in [0.25, 0.3) is 0 Å². The van der Waals surface area contributed by atoms with Gasteiger partial charge in [0, 0.05) is 36.9 Å². The second-order valence-corrected chi connectivity index (χ2v) is 7.44. The number of benzene rings is 2. The Labute approximate surface area is 180 Å². The summed E-state index contributed by atoms with van der Waals surface area (Å²) in [5, 5.41) is 3.92. The number of piperazine rings is 1. The summed E-state index contributed by atoms with van der Waals surface area (Å²) in [6.07, 6.45) is 0. The maximum atomic E-state index is 6.12. The van der Waals surface area contributed by atoms with E-state index in [9.17, 15) is 0 Å². The summed E-state index contributed by atoms with van der Waals surface area (Å²) >= 11 is 6.12. The summed E-state index contributed by atoms with van der Waals surface area (Å²) in [7, 11) is 1.62. The molecule has 30 heavy (non-hydrogen) atoms. The Kier molecular flexibility index (Phi) is 6.15. The zero-order chi connectivity index (χ0) is 20.9. The number of nitrogens with one attached hydrogen (secondary N) is 1. The van der Waals surface area contributed by atoms with Crippen molar-refractivity contribution in [3.05, 3.63) is 59.4 Å². The Morgan fingerprint density at radius 3 is 2.60 bits per heavy atom. The van der Waals surface area contributed by atoms with Crippen LogP contribution >= 0.6 is 11.6 Å². The normalized spacial score (nSPS) is 14.5. The fraction of sp³-hybridized carbons (Fsp3) is 0.286. The Hall–Kier alpha value is -3.10. The highest BCUT2D eigenvalue weighted by Gasteiger charge is 2.19. The van der Waals surface area contributed by atoms with E-state index in [0.29, 0.717) is 24.1 Å². The quantitative estimate of drug-likeness (QED) is 0.622. The van der Waals surface area contributed by atoms with Crippen LogP contribution in [-0.2, 0) is 6.54 Å². The molecule has 1 aromatic heterocycles. The third kappa shape index (κ3) is 4.90. The lowest BCUT2D eigenvalue weighted by Crippen LogP contribution is -2.46. The average molecular weight is 426 g/mol. The molecule has 1 aliphatic rings. The molecule has 0 spiro atoms. The number of anilines is 4. The molecular formula is C21H24ClN7O. The summed E-state index contributed by atoms with van der Waals surface area (Å²) in [6.45, 7) is 4.22. The monoisotopic (exact) mass is 425 g/mol. The van der Waals surface area contributed by atoms with Crippen molar-refractivity contribution in [3.8, 4) is 5.75 Å². The summed E-state index contributed by atoms with van der Waals surface area (Å²) in [4.78, 5) is 17.7. The number of ether oxygens (including phenoxy) is 1. The molecule has 0 unspecified atom stereocenters. The number of hydrogen-bond donors (Lipinski definition) is 2. The number of nitrogens with two attached hydrogens (primary N) is 1. The SMILES string of the molecule is COc1ccccc1Nc1nc(N)nc(CN2CCN(c3cccc(Cl)c3)CC2)n1. The fourth-order valence-electron chi connectivity index (χ4n) is 3.47. The lowest BCUT2D eigenvalue weighted by atomic mass is 10.2. The maximum Gasteiger partial charge on any atom is 0.232 e. The zero-order valence-corrected chi connectivity index (χ0v) is 17.5. The van der Waals surface area contributed by atoms with Gasteiger partial charge in [-0.2, -0.15) is 15.0 Å². The smallest absolute Gasteiger partial charge is 0.232 e. The van der Waals surface area contributed by atoms with Gasteiger partial charge in [-0.3, -0.25) is 4.90 Å². The third-order valence-electron chi connectivity index (χ3n) is 4.96. The molecule has 156 valence electrons. The summed E-state index contributed by atoms with van der Waals surface area (Å²) in [6, 6.07) is 15.5. The second kappa shape index (κ2) is 9.15. The van der Waals surface area contributed by atoms with Crippen LogP contribution in [-0.4, -0.2) is 53.1 Å². The summed E-state index contributed by atoms with van der Waals surface area (Å²) in [5.74, 6) is 1.93. The van der Waals surface area contributed by atoms with Crippen molar-refractivity contribution < 1.29 is 4.74 Å². The number of hydrogen-bond acceptors (Lipinski definition) is 8. The van der Waals surface area contributed by atoms with E-state index in [1.165, 1.54) is 0 Å². The summed E-state index contributed by atoms with van der Waals surface area (Å²) in [5.41, 5.74) is 7.85. The molecule has 9 heteroatoms. The Morgan fingerprint density at radius 2 is 1.83 bits per heavy atom. The first kappa shape index (κ1) is 20.2. The van der Waals surface area contributed by atoms with Crippen LogP contribution in [0, 0.1) is 0 Å².